The maximum absolute atomic E-state index is 9.60. The fourth-order valence-corrected chi connectivity index (χ4v) is 0.214. The van der Waals surface area contributed by atoms with Crippen LogP contribution in [0.1, 0.15) is 19.8 Å². The van der Waals surface area contributed by atoms with Gasteiger partial charge in [-0.25, -0.2) is 0 Å². The number of carboxylic acid groups (broad SMARTS) is 1. The molecule has 0 aliphatic rings. The van der Waals surface area contributed by atoms with E-state index in [2.05, 4.69) is 0 Å². The molecule has 0 heterocycles. The number of halogens is 1. The van der Waals surface area contributed by atoms with E-state index in [-0.39, 0.29) is 46.5 Å². The molecule has 0 aromatic rings. The molecule has 1 N–H and O–H groups in total. The first-order chi connectivity index (χ1) is 2.77. The summed E-state index contributed by atoms with van der Waals surface area (Å²) in [6.07, 6.45) is 1.02. The summed E-state index contributed by atoms with van der Waals surface area (Å²) in [6.45, 7) is 1.84. The van der Waals surface area contributed by atoms with Crippen LogP contribution in [-0.4, -0.2) is 11.1 Å². The molecule has 0 amide bonds. The van der Waals surface area contributed by atoms with Gasteiger partial charge in [-0.1, -0.05) is 6.92 Å². The molecule has 0 bridgehead atoms. The summed E-state index contributed by atoms with van der Waals surface area (Å²) >= 11 is 0. The van der Waals surface area contributed by atoms with E-state index in [1.807, 2.05) is 6.92 Å². The molecule has 0 aliphatic carbocycles. The summed E-state index contributed by atoms with van der Waals surface area (Å²) in [5.41, 5.74) is 0. The van der Waals surface area contributed by atoms with Crippen molar-refractivity contribution in [1.82, 2.24) is 0 Å². The minimum atomic E-state index is -0.711. The van der Waals surface area contributed by atoms with E-state index in [4.69, 9.17) is 5.11 Å². The zero-order valence-electron chi connectivity index (χ0n) is 5.15. The van der Waals surface area contributed by atoms with Crippen LogP contribution in [0.25, 0.3) is 0 Å². The predicted octanol–water partition coefficient (Wildman–Crippen LogP) is -5.12. The maximum atomic E-state index is 9.60. The van der Waals surface area contributed by atoms with Gasteiger partial charge in [0.05, 0.1) is 0 Å². The summed E-state index contributed by atoms with van der Waals surface area (Å²) in [6, 6.07) is 0. The van der Waals surface area contributed by atoms with E-state index in [0.717, 1.165) is 6.42 Å². The number of aliphatic carboxylic acids is 1. The summed E-state index contributed by atoms with van der Waals surface area (Å²) in [7, 11) is 0. The van der Waals surface area contributed by atoms with Crippen molar-refractivity contribution >= 4 is 5.97 Å². The molecule has 0 rings (SSSR count). The van der Waals surface area contributed by atoms with E-state index < -0.39 is 5.97 Å². The molecule has 0 aromatic carbocycles. The van der Waals surface area contributed by atoms with Crippen molar-refractivity contribution in [3.05, 3.63) is 0 Å². The second kappa shape index (κ2) is 10.8. The summed E-state index contributed by atoms with van der Waals surface area (Å²) in [5.74, 6) is -0.711. The van der Waals surface area contributed by atoms with Gasteiger partial charge in [0, 0.05) is 6.42 Å². The Morgan fingerprint density at radius 2 is 2.00 bits per heavy atom. The molecule has 4 heteroatoms. The minimum absolute atomic E-state index is 0. The topological polar surface area (TPSA) is 37.3 Å². The van der Waals surface area contributed by atoms with Crippen LogP contribution in [-0.2, 0) is 4.79 Å². The molecule has 0 saturated carbocycles. The van der Waals surface area contributed by atoms with Crippen molar-refractivity contribution in [2.45, 2.75) is 19.8 Å². The molecule has 0 saturated heterocycles. The molecule has 0 fully saturated rings. The molecular formula is C4H8BrNaO2. The fourth-order valence-electron chi connectivity index (χ4n) is 0.214. The average molecular weight is 191 g/mol. The zero-order chi connectivity index (χ0) is 4.99. The van der Waals surface area contributed by atoms with E-state index >= 15 is 0 Å². The van der Waals surface area contributed by atoms with Gasteiger partial charge in [0.15, 0.2) is 0 Å². The van der Waals surface area contributed by atoms with Crippen molar-refractivity contribution in [3.8, 4) is 0 Å². The first kappa shape index (κ1) is 16.0. The molecule has 0 spiro atoms. The minimum Gasteiger partial charge on any atom is -1.00 e. The molecule has 0 unspecified atom stereocenters. The summed E-state index contributed by atoms with van der Waals surface area (Å²) in [5, 5.41) is 7.91. The number of carbonyl (C=O) groups is 1. The molecular weight excluding hydrogens is 183 g/mol. The van der Waals surface area contributed by atoms with Crippen LogP contribution >= 0.6 is 0 Å². The van der Waals surface area contributed by atoms with Crippen LogP contribution in [0.5, 0.6) is 0 Å². The van der Waals surface area contributed by atoms with Gasteiger partial charge < -0.3 is 22.1 Å². The van der Waals surface area contributed by atoms with Crippen molar-refractivity contribution in [3.63, 3.8) is 0 Å². The first-order valence-electron chi connectivity index (χ1n) is 1.99. The fraction of sp³-hybridized carbons (Fsp3) is 0.750. The van der Waals surface area contributed by atoms with Gasteiger partial charge in [-0.15, -0.1) is 0 Å². The zero-order valence-corrected chi connectivity index (χ0v) is 8.73. The summed E-state index contributed by atoms with van der Waals surface area (Å²) in [4.78, 5) is 9.60. The molecule has 0 atom stereocenters. The third-order valence-electron chi connectivity index (χ3n) is 0.464. The number of rotatable bonds is 2. The molecule has 8 heavy (non-hydrogen) atoms. The third-order valence-corrected chi connectivity index (χ3v) is 0.464. The normalized spacial score (nSPS) is 6.12. The Hall–Kier alpha value is 0.950. The quantitative estimate of drug-likeness (QED) is 0.443. The number of hydrogen-bond donors (Lipinski definition) is 1. The van der Waals surface area contributed by atoms with Crippen molar-refractivity contribution < 1.29 is 56.4 Å². The van der Waals surface area contributed by atoms with Crippen molar-refractivity contribution in [1.29, 1.82) is 0 Å². The first-order valence-corrected chi connectivity index (χ1v) is 1.99. The monoisotopic (exact) mass is 190 g/mol. The molecule has 0 aliphatic heterocycles. The summed E-state index contributed by atoms with van der Waals surface area (Å²) < 4.78 is 0. The maximum Gasteiger partial charge on any atom is 1.00 e. The van der Waals surface area contributed by atoms with E-state index in [0.29, 0.717) is 6.42 Å². The SMILES string of the molecule is CCCC(=O)O.[Br-].[Na+]. The Bertz CT molecular complexity index is 58.0. The van der Waals surface area contributed by atoms with Crippen LogP contribution in [0.2, 0.25) is 0 Å². The van der Waals surface area contributed by atoms with Crippen LogP contribution in [0, 0.1) is 0 Å². The molecule has 0 radical (unpaired) electrons. The van der Waals surface area contributed by atoms with Gasteiger partial charge in [-0.05, 0) is 6.42 Å². The third kappa shape index (κ3) is 15.8. The Morgan fingerprint density at radius 1 is 1.62 bits per heavy atom. The van der Waals surface area contributed by atoms with Gasteiger partial charge in [0.25, 0.3) is 0 Å². The van der Waals surface area contributed by atoms with Crippen LogP contribution in [0.3, 0.4) is 0 Å². The van der Waals surface area contributed by atoms with Gasteiger partial charge in [-0.2, -0.15) is 0 Å². The van der Waals surface area contributed by atoms with Gasteiger partial charge >= 0.3 is 35.5 Å². The van der Waals surface area contributed by atoms with Crippen LogP contribution in [0.4, 0.5) is 0 Å². The average Bonchev–Trinajstić information content (AvgIpc) is 1.35. The largest absolute Gasteiger partial charge is 1.00 e. The Kier molecular flexibility index (Phi) is 21.7. The molecule has 0 aromatic heterocycles. The van der Waals surface area contributed by atoms with Crippen LogP contribution < -0.4 is 46.5 Å². The van der Waals surface area contributed by atoms with Gasteiger partial charge in [0.1, 0.15) is 0 Å². The van der Waals surface area contributed by atoms with E-state index in [1.165, 1.54) is 0 Å². The second-order valence-corrected chi connectivity index (χ2v) is 1.14. The molecule has 44 valence electrons. The smallest absolute Gasteiger partial charge is 1.00 e. The van der Waals surface area contributed by atoms with Gasteiger partial charge in [-0.3, -0.25) is 4.79 Å². The van der Waals surface area contributed by atoms with E-state index in [9.17, 15) is 4.79 Å². The Balaban J connectivity index is -0.000000125. The Labute approximate surface area is 81.7 Å². The predicted molar refractivity (Wildman–Crippen MR) is 22.5 cm³/mol. The number of hydrogen-bond acceptors (Lipinski definition) is 1. The van der Waals surface area contributed by atoms with Crippen molar-refractivity contribution in [2.24, 2.45) is 0 Å². The van der Waals surface area contributed by atoms with Gasteiger partial charge in [0.2, 0.25) is 0 Å². The Morgan fingerprint density at radius 3 is 2.00 bits per heavy atom. The standard InChI is InChI=1S/C4H8O2.BrH.Na/c1-2-3-4(5)6;;/h2-3H2,1H3,(H,5,6);1H;/q;;+1/p-1. The van der Waals surface area contributed by atoms with Crippen molar-refractivity contribution in [2.75, 3.05) is 0 Å². The van der Waals surface area contributed by atoms with E-state index in [1.54, 1.807) is 0 Å². The van der Waals surface area contributed by atoms with Crippen LogP contribution in [0.15, 0.2) is 0 Å². The molecule has 2 nitrogen and oxygen atoms in total. The second-order valence-electron chi connectivity index (χ2n) is 1.14. The number of carboxylic acids is 1.